The average Bonchev–Trinajstić information content (AvgIpc) is 2.97. The predicted octanol–water partition coefficient (Wildman–Crippen LogP) is 4.92. The zero-order chi connectivity index (χ0) is 33.0. The second-order valence-electron chi connectivity index (χ2n) is 12.5. The molecule has 0 aromatic heterocycles. The first-order chi connectivity index (χ1) is 20.9. The summed E-state index contributed by atoms with van der Waals surface area (Å²) in [6, 6.07) is 34.2. The molecule has 0 saturated heterocycles. The molecule has 6 nitrogen and oxygen atoms in total. The third-order valence-electron chi connectivity index (χ3n) is 6.98. The molecule has 5 aromatic carbocycles. The lowest BCUT2D eigenvalue weighted by Gasteiger charge is -2.18. The van der Waals surface area contributed by atoms with E-state index in [4.69, 9.17) is 4.18 Å². The van der Waals surface area contributed by atoms with Crippen molar-refractivity contribution in [3.05, 3.63) is 134 Å². The Morgan fingerprint density at radius 2 is 1.02 bits per heavy atom. The summed E-state index contributed by atoms with van der Waals surface area (Å²) in [4.78, 5) is -0.461. The van der Waals surface area contributed by atoms with Gasteiger partial charge in [-0.1, -0.05) is 108 Å². The maximum absolute atomic E-state index is 12.3. The van der Waals surface area contributed by atoms with E-state index in [1.807, 2.05) is 0 Å². The second-order valence-corrected chi connectivity index (χ2v) is 18.4. The van der Waals surface area contributed by atoms with Gasteiger partial charge in [-0.3, -0.25) is 0 Å². The third-order valence-corrected chi connectivity index (χ3v) is 11.8. The van der Waals surface area contributed by atoms with Crippen LogP contribution >= 0.6 is 0 Å². The maximum Gasteiger partial charge on any atom is 0.357 e. The molecule has 0 spiro atoms. The SMILES string of the molecule is CC(C)(C)c1ccc([I+]c2ccc(C(C)(C)C)cc2)cc1.O=S(=O)([O-])c1cccc2c(OS(=O)(=O)c3ccccc3)cccc12. The van der Waals surface area contributed by atoms with Gasteiger partial charge in [0.05, 0.1) is 4.90 Å². The summed E-state index contributed by atoms with van der Waals surface area (Å²) in [5.74, 6) is -0.0538. The fraction of sp³-hybridized carbons (Fsp3) is 0.222. The van der Waals surface area contributed by atoms with Crippen LogP contribution < -0.4 is 25.4 Å². The molecule has 5 rings (SSSR count). The van der Waals surface area contributed by atoms with E-state index < -0.39 is 25.1 Å². The Hall–Kier alpha value is -3.25. The van der Waals surface area contributed by atoms with Crippen LogP contribution in [0.15, 0.2) is 125 Å². The normalized spacial score (nSPS) is 12.3. The van der Waals surface area contributed by atoms with Gasteiger partial charge in [-0.15, -0.1) is 0 Å². The van der Waals surface area contributed by atoms with E-state index in [2.05, 4.69) is 90.1 Å². The molecular formula is C36H37IO6S2. The van der Waals surface area contributed by atoms with Gasteiger partial charge in [0, 0.05) is 10.8 Å². The van der Waals surface area contributed by atoms with Crippen LogP contribution in [-0.2, 0) is 31.1 Å². The summed E-state index contributed by atoms with van der Waals surface area (Å²) in [7, 11) is -8.78. The van der Waals surface area contributed by atoms with Crippen molar-refractivity contribution in [1.29, 1.82) is 0 Å². The molecule has 5 aromatic rings. The number of halogens is 1. The highest BCUT2D eigenvalue weighted by Crippen LogP contribution is 2.32. The Labute approximate surface area is 277 Å². The molecule has 0 heterocycles. The maximum atomic E-state index is 12.3. The van der Waals surface area contributed by atoms with Gasteiger partial charge in [0.2, 0.25) is 0 Å². The quantitative estimate of drug-likeness (QED) is 0.139. The van der Waals surface area contributed by atoms with Gasteiger partial charge in [-0.2, -0.15) is 8.42 Å². The highest BCUT2D eigenvalue weighted by atomic mass is 127. The number of hydrogen-bond donors (Lipinski definition) is 0. The molecule has 45 heavy (non-hydrogen) atoms. The Balaban J connectivity index is 0.000000207. The third kappa shape index (κ3) is 9.16. The van der Waals surface area contributed by atoms with E-state index in [-0.39, 0.29) is 53.5 Å². The van der Waals surface area contributed by atoms with E-state index >= 15 is 0 Å². The van der Waals surface area contributed by atoms with Crippen LogP contribution in [0.3, 0.4) is 0 Å². The van der Waals surface area contributed by atoms with Crippen molar-refractivity contribution >= 4 is 31.0 Å². The van der Waals surface area contributed by atoms with Crippen LogP contribution in [0.4, 0.5) is 0 Å². The summed E-state index contributed by atoms with van der Waals surface area (Å²) < 4.78 is 66.8. The van der Waals surface area contributed by atoms with Gasteiger partial charge >= 0.3 is 31.3 Å². The van der Waals surface area contributed by atoms with Crippen molar-refractivity contribution in [2.45, 2.75) is 62.2 Å². The standard InChI is InChI=1S/C20H26I.C16H12O6S2/c1-19(2,3)15-7-11-17(12-8-15)21-18-13-9-16(10-14-18)20(4,5)6;17-23(18,19)16-11-5-8-13-14(16)9-4-10-15(13)22-24(20,21)12-6-2-1-3-7-12/h7-14H,1-6H3;1-11H,(H,17,18,19)/q+1;/p-1. The Morgan fingerprint density at radius 3 is 1.49 bits per heavy atom. The molecule has 0 N–H and O–H groups in total. The van der Waals surface area contributed by atoms with E-state index in [9.17, 15) is 21.4 Å². The molecule has 0 fully saturated rings. The molecule has 0 bridgehead atoms. The lowest BCUT2D eigenvalue weighted by molar-refractivity contribution is -0.597. The smallest absolute Gasteiger partial charge is 0.357 e. The molecule has 0 aliphatic heterocycles. The van der Waals surface area contributed by atoms with Gasteiger partial charge in [-0.25, -0.2) is 8.42 Å². The highest BCUT2D eigenvalue weighted by Gasteiger charge is 2.21. The first-order valence-corrected chi connectivity index (χ1v) is 19.3. The Bertz CT molecular complexity index is 1920. The summed E-state index contributed by atoms with van der Waals surface area (Å²) in [5.41, 5.74) is 3.31. The highest BCUT2D eigenvalue weighted by molar-refractivity contribution is 7.87. The minimum Gasteiger partial charge on any atom is -0.744 e. The summed E-state index contributed by atoms with van der Waals surface area (Å²) >= 11 is -0.0703. The van der Waals surface area contributed by atoms with Crippen LogP contribution in [0.25, 0.3) is 10.8 Å². The first kappa shape index (κ1) is 34.6. The van der Waals surface area contributed by atoms with Gasteiger partial charge < -0.3 is 8.74 Å². The van der Waals surface area contributed by atoms with Crippen molar-refractivity contribution in [3.63, 3.8) is 0 Å². The molecule has 0 amide bonds. The van der Waals surface area contributed by atoms with Gasteiger partial charge in [-0.05, 0) is 70.5 Å². The van der Waals surface area contributed by atoms with Crippen LogP contribution in [0.5, 0.6) is 5.75 Å². The first-order valence-electron chi connectivity index (χ1n) is 14.3. The van der Waals surface area contributed by atoms with E-state index in [1.54, 1.807) is 18.2 Å². The van der Waals surface area contributed by atoms with Crippen molar-refractivity contribution in [1.82, 2.24) is 0 Å². The summed E-state index contributed by atoms with van der Waals surface area (Å²) in [6.07, 6.45) is 0. The molecule has 236 valence electrons. The monoisotopic (exact) mass is 756 g/mol. The predicted molar refractivity (Wildman–Crippen MR) is 174 cm³/mol. The van der Waals surface area contributed by atoms with Crippen LogP contribution in [0, 0.1) is 7.14 Å². The zero-order valence-electron chi connectivity index (χ0n) is 26.1. The lowest BCUT2D eigenvalue weighted by atomic mass is 9.87. The molecule has 9 heteroatoms. The van der Waals surface area contributed by atoms with Gasteiger partial charge in [0.25, 0.3) is 0 Å². The summed E-state index contributed by atoms with van der Waals surface area (Å²) in [5, 5.41) is 0.321. The zero-order valence-corrected chi connectivity index (χ0v) is 29.9. The number of fused-ring (bicyclic) bond motifs is 1. The van der Waals surface area contributed by atoms with Crippen LogP contribution in [0.1, 0.15) is 52.7 Å². The van der Waals surface area contributed by atoms with E-state index in [1.165, 1.54) is 66.8 Å². The minimum atomic E-state index is -4.70. The molecular weight excluding hydrogens is 719 g/mol. The average molecular weight is 757 g/mol. The van der Waals surface area contributed by atoms with Crippen LogP contribution in [0.2, 0.25) is 0 Å². The lowest BCUT2D eigenvalue weighted by Crippen LogP contribution is -3.61. The largest absolute Gasteiger partial charge is 0.744 e. The van der Waals surface area contributed by atoms with Crippen molar-refractivity contribution in [2.24, 2.45) is 0 Å². The Morgan fingerprint density at radius 1 is 0.556 bits per heavy atom. The fourth-order valence-electron chi connectivity index (χ4n) is 4.45. The molecule has 0 aliphatic rings. The molecule has 0 aliphatic carbocycles. The molecule has 0 saturated carbocycles. The summed E-state index contributed by atoms with van der Waals surface area (Å²) in [6.45, 7) is 13.6. The van der Waals surface area contributed by atoms with Crippen LogP contribution in [-0.4, -0.2) is 21.4 Å². The van der Waals surface area contributed by atoms with Crippen molar-refractivity contribution in [3.8, 4) is 5.75 Å². The topological polar surface area (TPSA) is 101 Å². The number of benzene rings is 5. The minimum absolute atomic E-state index is 0.0328. The Kier molecular flexibility index (Phi) is 10.5. The second kappa shape index (κ2) is 13.6. The number of rotatable bonds is 6. The fourth-order valence-corrected chi connectivity index (χ4v) is 8.27. The van der Waals surface area contributed by atoms with E-state index in [0.717, 1.165) is 0 Å². The molecule has 0 unspecified atom stereocenters. The number of hydrogen-bond acceptors (Lipinski definition) is 6. The molecule has 0 radical (unpaired) electrons. The van der Waals surface area contributed by atoms with Crippen molar-refractivity contribution < 1.29 is 46.8 Å². The van der Waals surface area contributed by atoms with Crippen molar-refractivity contribution in [2.75, 3.05) is 0 Å². The van der Waals surface area contributed by atoms with Gasteiger partial charge in [0.1, 0.15) is 15.0 Å². The van der Waals surface area contributed by atoms with E-state index in [0.29, 0.717) is 0 Å². The molecule has 0 atom stereocenters. The van der Waals surface area contributed by atoms with Gasteiger partial charge in [0.15, 0.2) is 12.9 Å².